The number of rotatable bonds is 4. The fourth-order valence-electron chi connectivity index (χ4n) is 2.10. The van der Waals surface area contributed by atoms with Crippen molar-refractivity contribution in [2.24, 2.45) is 5.73 Å². The maximum atomic E-state index is 12.0. The van der Waals surface area contributed by atoms with Crippen LogP contribution in [0, 0.1) is 6.92 Å². The highest BCUT2D eigenvalue weighted by atomic mass is 16.1. The Labute approximate surface area is 103 Å². The Morgan fingerprint density at radius 3 is 2.24 bits per heavy atom. The molecule has 0 saturated carbocycles. The van der Waals surface area contributed by atoms with Crippen LogP contribution in [0.1, 0.15) is 63.5 Å². The van der Waals surface area contributed by atoms with Gasteiger partial charge in [-0.05, 0) is 25.7 Å². The van der Waals surface area contributed by atoms with Gasteiger partial charge in [-0.3, -0.25) is 4.79 Å². The summed E-state index contributed by atoms with van der Waals surface area (Å²) in [6.07, 6.45) is 1.51. The maximum Gasteiger partial charge on any atom is 0.254 e. The van der Waals surface area contributed by atoms with E-state index in [9.17, 15) is 4.79 Å². The van der Waals surface area contributed by atoms with E-state index in [4.69, 9.17) is 5.73 Å². The molecule has 0 aliphatic carbocycles. The summed E-state index contributed by atoms with van der Waals surface area (Å²) in [5.74, 6) is 0.783. The molecule has 96 valence electrons. The predicted molar refractivity (Wildman–Crippen MR) is 70.1 cm³/mol. The lowest BCUT2D eigenvalue weighted by atomic mass is 9.92. The van der Waals surface area contributed by atoms with Crippen LogP contribution in [0.15, 0.2) is 4.79 Å². The van der Waals surface area contributed by atoms with E-state index in [2.05, 4.69) is 9.97 Å². The monoisotopic (exact) mass is 237 g/mol. The molecule has 3 N–H and O–H groups in total. The van der Waals surface area contributed by atoms with Crippen LogP contribution in [0.5, 0.6) is 0 Å². The van der Waals surface area contributed by atoms with Gasteiger partial charge in [0, 0.05) is 11.3 Å². The van der Waals surface area contributed by atoms with Crippen molar-refractivity contribution in [1.29, 1.82) is 0 Å². The largest absolute Gasteiger partial charge is 0.319 e. The average Bonchev–Trinajstić information content (AvgIpc) is 2.26. The Balaban J connectivity index is 3.38. The van der Waals surface area contributed by atoms with Crippen LogP contribution in [-0.2, 0) is 5.54 Å². The smallest absolute Gasteiger partial charge is 0.254 e. The molecule has 1 heterocycles. The Morgan fingerprint density at radius 1 is 1.35 bits per heavy atom. The standard InChI is InChI=1S/C13H23N3O/c1-6-13(14,7-2)12-15-9(5)10(8(3)4)11(17)16-12/h8H,6-7,14H2,1-5H3,(H,15,16,17). The van der Waals surface area contributed by atoms with E-state index >= 15 is 0 Å². The van der Waals surface area contributed by atoms with Crippen molar-refractivity contribution in [3.8, 4) is 0 Å². The van der Waals surface area contributed by atoms with Gasteiger partial charge < -0.3 is 10.7 Å². The SMILES string of the molecule is CCC(N)(CC)c1nc(C)c(C(C)C)c(=O)[nH]1. The van der Waals surface area contributed by atoms with Crippen LogP contribution in [-0.4, -0.2) is 9.97 Å². The first-order valence-electron chi connectivity index (χ1n) is 6.25. The highest BCUT2D eigenvalue weighted by Crippen LogP contribution is 2.23. The van der Waals surface area contributed by atoms with Crippen LogP contribution in [0.2, 0.25) is 0 Å². The van der Waals surface area contributed by atoms with Gasteiger partial charge in [-0.15, -0.1) is 0 Å². The highest BCUT2D eigenvalue weighted by Gasteiger charge is 2.27. The van der Waals surface area contributed by atoms with E-state index in [1.165, 1.54) is 0 Å². The molecular weight excluding hydrogens is 214 g/mol. The minimum absolute atomic E-state index is 0.0563. The zero-order chi connectivity index (χ0) is 13.2. The number of hydrogen-bond acceptors (Lipinski definition) is 3. The molecule has 0 radical (unpaired) electrons. The normalized spacial score (nSPS) is 12.2. The topological polar surface area (TPSA) is 71.8 Å². The van der Waals surface area contributed by atoms with Crippen LogP contribution >= 0.6 is 0 Å². The number of aryl methyl sites for hydroxylation is 1. The summed E-state index contributed by atoms with van der Waals surface area (Å²) in [5, 5.41) is 0. The predicted octanol–water partition coefficient (Wildman–Crippen LogP) is 2.18. The summed E-state index contributed by atoms with van der Waals surface area (Å²) in [4.78, 5) is 19.4. The minimum Gasteiger partial charge on any atom is -0.319 e. The van der Waals surface area contributed by atoms with Gasteiger partial charge in [0.25, 0.3) is 5.56 Å². The lowest BCUT2D eigenvalue weighted by Gasteiger charge is -2.26. The van der Waals surface area contributed by atoms with E-state index < -0.39 is 5.54 Å². The molecule has 0 fully saturated rings. The van der Waals surface area contributed by atoms with Crippen molar-refractivity contribution >= 4 is 0 Å². The van der Waals surface area contributed by atoms with Crippen molar-refractivity contribution in [2.75, 3.05) is 0 Å². The lowest BCUT2D eigenvalue weighted by Crippen LogP contribution is -2.39. The summed E-state index contributed by atoms with van der Waals surface area (Å²) in [6.45, 7) is 9.88. The Kier molecular flexibility index (Phi) is 4.09. The van der Waals surface area contributed by atoms with Gasteiger partial charge in [0.1, 0.15) is 5.82 Å². The van der Waals surface area contributed by atoms with Crippen molar-refractivity contribution in [3.63, 3.8) is 0 Å². The lowest BCUT2D eigenvalue weighted by molar-refractivity contribution is 0.384. The molecule has 0 unspecified atom stereocenters. The van der Waals surface area contributed by atoms with Crippen molar-refractivity contribution in [3.05, 3.63) is 27.4 Å². The fourth-order valence-corrected chi connectivity index (χ4v) is 2.10. The maximum absolute atomic E-state index is 12.0. The number of aromatic nitrogens is 2. The van der Waals surface area contributed by atoms with Crippen LogP contribution in [0.25, 0.3) is 0 Å². The molecule has 0 amide bonds. The Bertz CT molecular complexity index is 444. The van der Waals surface area contributed by atoms with Gasteiger partial charge in [0.15, 0.2) is 0 Å². The van der Waals surface area contributed by atoms with E-state index in [1.807, 2.05) is 34.6 Å². The molecule has 4 nitrogen and oxygen atoms in total. The van der Waals surface area contributed by atoms with Crippen molar-refractivity contribution < 1.29 is 0 Å². The molecule has 0 aromatic carbocycles. The molecule has 0 atom stereocenters. The molecule has 1 rings (SSSR count). The van der Waals surface area contributed by atoms with Gasteiger partial charge in [0.05, 0.1) is 5.54 Å². The molecule has 0 bridgehead atoms. The minimum atomic E-state index is -0.528. The van der Waals surface area contributed by atoms with Gasteiger partial charge >= 0.3 is 0 Å². The van der Waals surface area contributed by atoms with Gasteiger partial charge in [0.2, 0.25) is 0 Å². The summed E-state index contributed by atoms with van der Waals surface area (Å²) >= 11 is 0. The molecule has 0 saturated heterocycles. The Hall–Kier alpha value is -1.16. The third-order valence-electron chi connectivity index (χ3n) is 3.46. The zero-order valence-corrected chi connectivity index (χ0v) is 11.4. The number of aromatic amines is 1. The second-order valence-corrected chi connectivity index (χ2v) is 4.93. The second-order valence-electron chi connectivity index (χ2n) is 4.93. The summed E-state index contributed by atoms with van der Waals surface area (Å²) < 4.78 is 0. The van der Waals surface area contributed by atoms with E-state index in [0.717, 1.165) is 24.1 Å². The van der Waals surface area contributed by atoms with Crippen molar-refractivity contribution in [2.45, 2.75) is 58.9 Å². The number of nitrogens with two attached hydrogens (primary N) is 1. The molecule has 1 aromatic heterocycles. The molecule has 0 spiro atoms. The number of nitrogens with one attached hydrogen (secondary N) is 1. The molecule has 0 aliphatic heterocycles. The zero-order valence-electron chi connectivity index (χ0n) is 11.4. The summed E-state index contributed by atoms with van der Waals surface area (Å²) in [6, 6.07) is 0. The number of nitrogens with zero attached hydrogens (tertiary/aromatic N) is 1. The van der Waals surface area contributed by atoms with Crippen LogP contribution in [0.3, 0.4) is 0 Å². The van der Waals surface area contributed by atoms with E-state index in [0.29, 0.717) is 5.82 Å². The summed E-state index contributed by atoms with van der Waals surface area (Å²) in [5.41, 5.74) is 7.21. The fraction of sp³-hybridized carbons (Fsp3) is 0.692. The average molecular weight is 237 g/mol. The van der Waals surface area contributed by atoms with Gasteiger partial charge in [-0.25, -0.2) is 4.98 Å². The van der Waals surface area contributed by atoms with E-state index in [-0.39, 0.29) is 11.5 Å². The quantitative estimate of drug-likeness (QED) is 0.843. The highest BCUT2D eigenvalue weighted by molar-refractivity contribution is 5.22. The molecule has 17 heavy (non-hydrogen) atoms. The van der Waals surface area contributed by atoms with Crippen molar-refractivity contribution in [1.82, 2.24) is 9.97 Å². The first kappa shape index (κ1) is 13.9. The molecule has 1 aromatic rings. The molecule has 4 heteroatoms. The van der Waals surface area contributed by atoms with Crippen LogP contribution < -0.4 is 11.3 Å². The second kappa shape index (κ2) is 5.00. The van der Waals surface area contributed by atoms with Crippen LogP contribution in [0.4, 0.5) is 0 Å². The summed E-state index contributed by atoms with van der Waals surface area (Å²) in [7, 11) is 0. The third-order valence-corrected chi connectivity index (χ3v) is 3.46. The molecule has 0 aliphatic rings. The van der Waals surface area contributed by atoms with E-state index in [1.54, 1.807) is 0 Å². The number of hydrogen-bond donors (Lipinski definition) is 2. The van der Waals surface area contributed by atoms with Gasteiger partial charge in [-0.2, -0.15) is 0 Å². The third kappa shape index (κ3) is 2.57. The van der Waals surface area contributed by atoms with Gasteiger partial charge in [-0.1, -0.05) is 27.7 Å². The number of H-pyrrole nitrogens is 1. The first-order valence-corrected chi connectivity index (χ1v) is 6.25. The Morgan fingerprint density at radius 2 is 1.88 bits per heavy atom. The first-order chi connectivity index (χ1) is 7.85. The molecular formula is C13H23N3O.